The van der Waals surface area contributed by atoms with E-state index in [1.165, 1.54) is 6.07 Å². The highest BCUT2D eigenvalue weighted by Crippen LogP contribution is 2.23. The summed E-state index contributed by atoms with van der Waals surface area (Å²) in [5.74, 6) is 5.60. The predicted molar refractivity (Wildman–Crippen MR) is 121 cm³/mol. The van der Waals surface area contributed by atoms with E-state index in [1.807, 2.05) is 36.4 Å². The zero-order valence-electron chi connectivity index (χ0n) is 17.4. The molecule has 0 saturated carbocycles. The number of ether oxygens (including phenoxy) is 1. The lowest BCUT2D eigenvalue weighted by Crippen LogP contribution is -2.29. The summed E-state index contributed by atoms with van der Waals surface area (Å²) in [4.78, 5) is 33.0. The molecule has 32 heavy (non-hydrogen) atoms. The average Bonchev–Trinajstić information content (AvgIpc) is 2.84. The summed E-state index contributed by atoms with van der Waals surface area (Å²) < 4.78 is 5.31. The molecule has 0 aliphatic carbocycles. The number of benzene rings is 1. The summed E-state index contributed by atoms with van der Waals surface area (Å²) in [6, 6.07) is 14.3. The zero-order chi connectivity index (χ0) is 22.3. The van der Waals surface area contributed by atoms with E-state index < -0.39 is 5.91 Å². The molecule has 3 N–H and O–H groups in total. The molecule has 2 amide bonds. The van der Waals surface area contributed by atoms with Crippen LogP contribution >= 0.6 is 0 Å². The minimum atomic E-state index is -0.589. The lowest BCUT2D eigenvalue weighted by molar-refractivity contribution is -0.122. The summed E-state index contributed by atoms with van der Waals surface area (Å²) >= 11 is 0. The highest BCUT2D eigenvalue weighted by molar-refractivity contribution is 5.97. The first kappa shape index (κ1) is 21.2. The summed E-state index contributed by atoms with van der Waals surface area (Å²) in [5, 5.41) is 2.83. The van der Waals surface area contributed by atoms with Crippen LogP contribution in [-0.2, 0) is 9.53 Å². The van der Waals surface area contributed by atoms with Crippen LogP contribution in [0.1, 0.15) is 34.3 Å². The van der Waals surface area contributed by atoms with Gasteiger partial charge in [-0.2, -0.15) is 0 Å². The van der Waals surface area contributed by atoms with Gasteiger partial charge in [-0.3, -0.25) is 14.6 Å². The number of primary amides is 1. The molecule has 0 spiro atoms. The van der Waals surface area contributed by atoms with E-state index in [2.05, 4.69) is 27.1 Å². The summed E-state index contributed by atoms with van der Waals surface area (Å²) in [7, 11) is 0. The Labute approximate surface area is 186 Å². The van der Waals surface area contributed by atoms with Crippen LogP contribution in [-0.4, -0.2) is 35.0 Å². The summed E-state index contributed by atoms with van der Waals surface area (Å²) in [5.41, 5.74) is 8.76. The van der Waals surface area contributed by atoms with Crippen LogP contribution in [0.2, 0.25) is 0 Å². The SMILES string of the molecule is NC(=O)c1cc(NC(=O)C2CCOCC2)nc(-c2ccc(C#Cc3cccnc3)cc2)c1. The number of hydrogen-bond donors (Lipinski definition) is 2. The highest BCUT2D eigenvalue weighted by atomic mass is 16.5. The van der Waals surface area contributed by atoms with Gasteiger partial charge in [-0.1, -0.05) is 24.0 Å². The number of amides is 2. The van der Waals surface area contributed by atoms with Crippen LogP contribution in [0.15, 0.2) is 60.9 Å². The van der Waals surface area contributed by atoms with Crippen molar-refractivity contribution in [2.24, 2.45) is 11.7 Å². The maximum Gasteiger partial charge on any atom is 0.248 e. The largest absolute Gasteiger partial charge is 0.381 e. The third kappa shape index (κ3) is 5.36. The van der Waals surface area contributed by atoms with E-state index in [1.54, 1.807) is 18.5 Å². The fraction of sp³-hybridized carbons (Fsp3) is 0.200. The minimum Gasteiger partial charge on any atom is -0.381 e. The molecule has 0 radical (unpaired) electrons. The number of aromatic nitrogens is 2. The second kappa shape index (κ2) is 9.86. The van der Waals surface area contributed by atoms with Crippen molar-refractivity contribution in [2.45, 2.75) is 12.8 Å². The number of carbonyl (C=O) groups excluding carboxylic acids is 2. The van der Waals surface area contributed by atoms with E-state index in [4.69, 9.17) is 10.5 Å². The molecule has 160 valence electrons. The molecular formula is C25H22N4O3. The Kier molecular flexibility index (Phi) is 6.54. The maximum atomic E-state index is 12.6. The molecule has 3 heterocycles. The number of carbonyl (C=O) groups is 2. The van der Waals surface area contributed by atoms with Crippen molar-refractivity contribution >= 4 is 17.6 Å². The average molecular weight is 426 g/mol. The van der Waals surface area contributed by atoms with E-state index in [9.17, 15) is 9.59 Å². The quantitative estimate of drug-likeness (QED) is 0.624. The van der Waals surface area contributed by atoms with Crippen LogP contribution in [0.25, 0.3) is 11.3 Å². The van der Waals surface area contributed by atoms with Crippen LogP contribution in [0.5, 0.6) is 0 Å². The van der Waals surface area contributed by atoms with Crippen molar-refractivity contribution in [1.82, 2.24) is 9.97 Å². The molecule has 2 aromatic heterocycles. The lowest BCUT2D eigenvalue weighted by atomic mass is 9.99. The van der Waals surface area contributed by atoms with Gasteiger partial charge in [0.1, 0.15) is 5.82 Å². The topological polar surface area (TPSA) is 107 Å². The minimum absolute atomic E-state index is 0.130. The molecule has 1 aliphatic heterocycles. The molecule has 1 aliphatic rings. The Bertz CT molecular complexity index is 1180. The molecule has 4 rings (SSSR count). The molecule has 1 saturated heterocycles. The Hall–Kier alpha value is -4.02. The molecular weight excluding hydrogens is 404 g/mol. The molecule has 7 heteroatoms. The maximum absolute atomic E-state index is 12.6. The predicted octanol–water partition coefficient (Wildman–Crippen LogP) is 3.01. The van der Waals surface area contributed by atoms with Gasteiger partial charge in [-0.25, -0.2) is 4.98 Å². The summed E-state index contributed by atoms with van der Waals surface area (Å²) in [6.45, 7) is 1.13. The number of nitrogens with zero attached hydrogens (tertiary/aromatic N) is 2. The Morgan fingerprint density at radius 3 is 2.47 bits per heavy atom. The fourth-order valence-electron chi connectivity index (χ4n) is 3.38. The van der Waals surface area contributed by atoms with E-state index in [-0.39, 0.29) is 17.4 Å². The first-order valence-corrected chi connectivity index (χ1v) is 10.3. The third-order valence-corrected chi connectivity index (χ3v) is 5.15. The van der Waals surface area contributed by atoms with Crippen molar-refractivity contribution in [3.05, 3.63) is 77.6 Å². The first-order valence-electron chi connectivity index (χ1n) is 10.3. The van der Waals surface area contributed by atoms with Gasteiger partial charge in [0.05, 0.1) is 5.69 Å². The molecule has 7 nitrogen and oxygen atoms in total. The summed E-state index contributed by atoms with van der Waals surface area (Å²) in [6.07, 6.45) is 4.73. The number of nitrogens with two attached hydrogens (primary N) is 1. The number of anilines is 1. The fourth-order valence-corrected chi connectivity index (χ4v) is 3.38. The van der Waals surface area contributed by atoms with E-state index in [0.29, 0.717) is 37.6 Å². The second-order valence-electron chi connectivity index (χ2n) is 7.44. The number of nitrogens with one attached hydrogen (secondary N) is 1. The van der Waals surface area contributed by atoms with Crippen LogP contribution in [0.3, 0.4) is 0 Å². The monoisotopic (exact) mass is 426 g/mol. The third-order valence-electron chi connectivity index (χ3n) is 5.15. The highest BCUT2D eigenvalue weighted by Gasteiger charge is 2.22. The van der Waals surface area contributed by atoms with Crippen LogP contribution in [0, 0.1) is 17.8 Å². The molecule has 0 atom stereocenters. The Balaban J connectivity index is 1.56. The zero-order valence-corrected chi connectivity index (χ0v) is 17.4. The van der Waals surface area contributed by atoms with Gasteiger partial charge in [0.15, 0.2) is 0 Å². The van der Waals surface area contributed by atoms with Gasteiger partial charge >= 0.3 is 0 Å². The van der Waals surface area contributed by atoms with Crippen molar-refractivity contribution < 1.29 is 14.3 Å². The van der Waals surface area contributed by atoms with Crippen molar-refractivity contribution in [2.75, 3.05) is 18.5 Å². The van der Waals surface area contributed by atoms with Gasteiger partial charge in [0.2, 0.25) is 11.8 Å². The molecule has 1 fully saturated rings. The Morgan fingerprint density at radius 1 is 1.03 bits per heavy atom. The number of rotatable bonds is 4. The van der Waals surface area contributed by atoms with Gasteiger partial charge in [0.25, 0.3) is 0 Å². The van der Waals surface area contributed by atoms with Crippen molar-refractivity contribution in [3.63, 3.8) is 0 Å². The number of hydrogen-bond acceptors (Lipinski definition) is 5. The normalized spacial score (nSPS) is 13.6. The van der Waals surface area contributed by atoms with Gasteiger partial charge < -0.3 is 15.8 Å². The van der Waals surface area contributed by atoms with Crippen LogP contribution in [0.4, 0.5) is 5.82 Å². The smallest absolute Gasteiger partial charge is 0.248 e. The van der Waals surface area contributed by atoms with Gasteiger partial charge in [-0.05, 0) is 49.2 Å². The van der Waals surface area contributed by atoms with E-state index >= 15 is 0 Å². The molecule has 0 bridgehead atoms. The van der Waals surface area contributed by atoms with Crippen molar-refractivity contribution in [1.29, 1.82) is 0 Å². The van der Waals surface area contributed by atoms with Crippen molar-refractivity contribution in [3.8, 4) is 23.1 Å². The first-order chi connectivity index (χ1) is 15.6. The van der Waals surface area contributed by atoms with Gasteiger partial charge in [-0.15, -0.1) is 0 Å². The van der Waals surface area contributed by atoms with E-state index in [0.717, 1.165) is 16.7 Å². The number of pyridine rings is 2. The molecule has 3 aromatic rings. The van der Waals surface area contributed by atoms with Gasteiger partial charge in [0, 0.05) is 53.8 Å². The lowest BCUT2D eigenvalue weighted by Gasteiger charge is -2.21. The van der Waals surface area contributed by atoms with Crippen LogP contribution < -0.4 is 11.1 Å². The second-order valence-corrected chi connectivity index (χ2v) is 7.44. The standard InChI is InChI=1S/C25H22N4O3/c26-24(30)21-14-22(28-23(15-21)29-25(31)20-9-12-32-13-10-20)19-7-5-17(6-8-19)3-4-18-2-1-11-27-16-18/h1-2,5-8,11,14-16,20H,9-10,12-13H2,(H2,26,30)(H,28,29,31). The molecule has 1 aromatic carbocycles. The Morgan fingerprint density at radius 2 is 1.78 bits per heavy atom. The molecule has 0 unspecified atom stereocenters.